The van der Waals surface area contributed by atoms with Crippen LogP contribution in [0, 0.1) is 0 Å². The molecule has 0 aliphatic heterocycles. The number of nitrogens with two attached hydrogens (primary N) is 1. The van der Waals surface area contributed by atoms with Gasteiger partial charge in [0.2, 0.25) is 0 Å². The Hall–Kier alpha value is -1.06. The minimum absolute atomic E-state index is 0.197. The molecule has 1 rings (SSSR count). The van der Waals surface area contributed by atoms with Crippen molar-refractivity contribution in [1.29, 1.82) is 0 Å². The summed E-state index contributed by atoms with van der Waals surface area (Å²) in [6.45, 7) is 9.12. The summed E-state index contributed by atoms with van der Waals surface area (Å²) in [5.41, 5.74) is 7.02. The molecule has 0 fully saturated rings. The molecule has 0 saturated heterocycles. The first-order chi connectivity index (χ1) is 8.47. The lowest BCUT2D eigenvalue weighted by Gasteiger charge is -2.16. The third-order valence-corrected chi connectivity index (χ3v) is 2.60. The Morgan fingerprint density at radius 3 is 2.56 bits per heavy atom. The molecular formula is C15H26N2O. The predicted octanol–water partition coefficient (Wildman–Crippen LogP) is 2.34. The average molecular weight is 250 g/mol. The van der Waals surface area contributed by atoms with E-state index in [9.17, 15) is 0 Å². The molecule has 1 aromatic carbocycles. The van der Waals surface area contributed by atoms with E-state index in [2.05, 4.69) is 24.4 Å². The standard InChI is InChI=1S/C15H26N2O/c1-11(2)18-15-7-5-6-14(9-15)8-13(4)17-10-12(3)16/h5-7,9,11-13,17H,8,10,16H2,1-4H3. The maximum Gasteiger partial charge on any atom is 0.119 e. The van der Waals surface area contributed by atoms with Crippen LogP contribution in [0.3, 0.4) is 0 Å². The molecule has 102 valence electrons. The molecule has 0 bridgehead atoms. The van der Waals surface area contributed by atoms with E-state index in [0.717, 1.165) is 18.7 Å². The van der Waals surface area contributed by atoms with Crippen molar-refractivity contribution >= 4 is 0 Å². The second-order valence-corrected chi connectivity index (χ2v) is 5.30. The molecule has 2 unspecified atom stereocenters. The molecule has 0 saturated carbocycles. The molecule has 0 aliphatic carbocycles. The van der Waals surface area contributed by atoms with E-state index < -0.39 is 0 Å². The second-order valence-electron chi connectivity index (χ2n) is 5.30. The van der Waals surface area contributed by atoms with Crippen LogP contribution in [0.5, 0.6) is 5.75 Å². The van der Waals surface area contributed by atoms with Gasteiger partial charge in [0.1, 0.15) is 5.75 Å². The Labute approximate surface area is 111 Å². The Morgan fingerprint density at radius 1 is 1.22 bits per heavy atom. The quantitative estimate of drug-likeness (QED) is 0.781. The highest BCUT2D eigenvalue weighted by Gasteiger charge is 2.05. The van der Waals surface area contributed by atoms with Crippen LogP contribution in [0.2, 0.25) is 0 Å². The molecular weight excluding hydrogens is 224 g/mol. The van der Waals surface area contributed by atoms with Crippen molar-refractivity contribution in [3.05, 3.63) is 29.8 Å². The highest BCUT2D eigenvalue weighted by Crippen LogP contribution is 2.16. The fraction of sp³-hybridized carbons (Fsp3) is 0.600. The summed E-state index contributed by atoms with van der Waals surface area (Å²) < 4.78 is 5.69. The summed E-state index contributed by atoms with van der Waals surface area (Å²) in [5.74, 6) is 0.946. The summed E-state index contributed by atoms with van der Waals surface area (Å²) in [6.07, 6.45) is 1.20. The van der Waals surface area contributed by atoms with Crippen molar-refractivity contribution in [3.63, 3.8) is 0 Å². The predicted molar refractivity (Wildman–Crippen MR) is 77.0 cm³/mol. The largest absolute Gasteiger partial charge is 0.491 e. The van der Waals surface area contributed by atoms with E-state index in [0.29, 0.717) is 6.04 Å². The summed E-state index contributed by atoms with van der Waals surface area (Å²) in [7, 11) is 0. The van der Waals surface area contributed by atoms with Gasteiger partial charge in [-0.3, -0.25) is 0 Å². The summed E-state index contributed by atoms with van der Waals surface area (Å²) in [5, 5.41) is 3.42. The van der Waals surface area contributed by atoms with Crippen molar-refractivity contribution in [3.8, 4) is 5.75 Å². The molecule has 0 amide bonds. The van der Waals surface area contributed by atoms with Crippen LogP contribution < -0.4 is 15.8 Å². The van der Waals surface area contributed by atoms with E-state index in [1.54, 1.807) is 0 Å². The average Bonchev–Trinajstić information content (AvgIpc) is 2.26. The van der Waals surface area contributed by atoms with Crippen molar-refractivity contribution in [2.24, 2.45) is 5.73 Å². The highest BCUT2D eigenvalue weighted by molar-refractivity contribution is 5.29. The second kappa shape index (κ2) is 7.39. The van der Waals surface area contributed by atoms with Crippen LogP contribution in [-0.2, 0) is 6.42 Å². The van der Waals surface area contributed by atoms with Crippen molar-refractivity contribution in [1.82, 2.24) is 5.32 Å². The Kier molecular flexibility index (Phi) is 6.16. The number of nitrogens with one attached hydrogen (secondary N) is 1. The fourth-order valence-electron chi connectivity index (χ4n) is 1.83. The van der Waals surface area contributed by atoms with Crippen LogP contribution in [0.1, 0.15) is 33.3 Å². The first kappa shape index (κ1) is 15.0. The Balaban J connectivity index is 2.50. The highest BCUT2D eigenvalue weighted by atomic mass is 16.5. The SMILES string of the molecule is CC(N)CNC(C)Cc1cccc(OC(C)C)c1. The summed E-state index contributed by atoms with van der Waals surface area (Å²) in [4.78, 5) is 0. The zero-order chi connectivity index (χ0) is 13.5. The molecule has 3 N–H and O–H groups in total. The van der Waals surface area contributed by atoms with Gasteiger partial charge in [0.25, 0.3) is 0 Å². The zero-order valence-corrected chi connectivity index (χ0v) is 11.9. The smallest absolute Gasteiger partial charge is 0.119 e. The summed E-state index contributed by atoms with van der Waals surface area (Å²) >= 11 is 0. The molecule has 0 heterocycles. The van der Waals surface area contributed by atoms with Gasteiger partial charge in [-0.25, -0.2) is 0 Å². The molecule has 3 nitrogen and oxygen atoms in total. The Morgan fingerprint density at radius 2 is 1.94 bits per heavy atom. The third kappa shape index (κ3) is 6.03. The van der Waals surface area contributed by atoms with Gasteiger partial charge < -0.3 is 15.8 Å². The van der Waals surface area contributed by atoms with Gasteiger partial charge in [0.05, 0.1) is 6.10 Å². The number of ether oxygens (including phenoxy) is 1. The van der Waals surface area contributed by atoms with Crippen LogP contribution in [-0.4, -0.2) is 24.7 Å². The van der Waals surface area contributed by atoms with Gasteiger partial charge in [0.15, 0.2) is 0 Å². The van der Waals surface area contributed by atoms with Crippen LogP contribution in [0.15, 0.2) is 24.3 Å². The Bertz CT molecular complexity index is 350. The molecule has 1 aromatic rings. The van der Waals surface area contributed by atoms with Gasteiger partial charge in [-0.15, -0.1) is 0 Å². The van der Waals surface area contributed by atoms with Crippen molar-refractivity contribution in [2.75, 3.05) is 6.54 Å². The lowest BCUT2D eigenvalue weighted by Crippen LogP contribution is -2.37. The topological polar surface area (TPSA) is 47.3 Å². The third-order valence-electron chi connectivity index (χ3n) is 2.60. The maximum atomic E-state index is 5.73. The molecule has 0 aliphatic rings. The molecule has 2 atom stereocenters. The van der Waals surface area contributed by atoms with E-state index >= 15 is 0 Å². The first-order valence-corrected chi connectivity index (χ1v) is 6.72. The van der Waals surface area contributed by atoms with Crippen molar-refractivity contribution < 1.29 is 4.74 Å². The lowest BCUT2D eigenvalue weighted by molar-refractivity contribution is 0.242. The minimum atomic E-state index is 0.197. The van der Waals surface area contributed by atoms with Crippen molar-refractivity contribution in [2.45, 2.75) is 52.3 Å². The number of benzene rings is 1. The molecule has 18 heavy (non-hydrogen) atoms. The van der Waals surface area contributed by atoms with E-state index in [1.165, 1.54) is 5.56 Å². The lowest BCUT2D eigenvalue weighted by atomic mass is 10.1. The van der Waals surface area contributed by atoms with Crippen LogP contribution >= 0.6 is 0 Å². The molecule has 3 heteroatoms. The maximum absolute atomic E-state index is 5.73. The normalized spacial score (nSPS) is 14.6. The van der Waals surface area contributed by atoms with Gasteiger partial charge in [0, 0.05) is 18.6 Å². The van der Waals surface area contributed by atoms with E-state index in [1.807, 2.05) is 32.9 Å². The zero-order valence-electron chi connectivity index (χ0n) is 11.9. The van der Waals surface area contributed by atoms with E-state index in [4.69, 9.17) is 10.5 Å². The van der Waals surface area contributed by atoms with Gasteiger partial charge >= 0.3 is 0 Å². The number of hydrogen-bond donors (Lipinski definition) is 2. The first-order valence-electron chi connectivity index (χ1n) is 6.72. The minimum Gasteiger partial charge on any atom is -0.491 e. The van der Waals surface area contributed by atoms with Crippen LogP contribution in [0.25, 0.3) is 0 Å². The van der Waals surface area contributed by atoms with Gasteiger partial charge in [-0.05, 0) is 51.8 Å². The molecule has 0 spiro atoms. The monoisotopic (exact) mass is 250 g/mol. The summed E-state index contributed by atoms with van der Waals surface area (Å²) in [6, 6.07) is 8.92. The number of rotatable bonds is 7. The molecule has 0 aromatic heterocycles. The molecule has 0 radical (unpaired) electrons. The van der Waals surface area contributed by atoms with Crippen LogP contribution in [0.4, 0.5) is 0 Å². The van der Waals surface area contributed by atoms with Gasteiger partial charge in [-0.1, -0.05) is 12.1 Å². The van der Waals surface area contributed by atoms with E-state index in [-0.39, 0.29) is 12.1 Å². The number of hydrogen-bond acceptors (Lipinski definition) is 3. The fourth-order valence-corrected chi connectivity index (χ4v) is 1.83. The van der Waals surface area contributed by atoms with Gasteiger partial charge in [-0.2, -0.15) is 0 Å².